The molecule has 4 atom stereocenters. The van der Waals surface area contributed by atoms with Crippen LogP contribution in [0.1, 0.15) is 37.8 Å². The molecule has 6 heteroatoms. The maximum Gasteiger partial charge on any atom is 0.239 e. The summed E-state index contributed by atoms with van der Waals surface area (Å²) in [4.78, 5) is 12.7. The fraction of sp³-hybridized carbons (Fsp3) is 0.444. The van der Waals surface area contributed by atoms with Gasteiger partial charge in [-0.1, -0.05) is 24.6 Å². The molecule has 1 aliphatic heterocycles. The lowest BCUT2D eigenvalue weighted by atomic mass is 9.96. The van der Waals surface area contributed by atoms with Crippen LogP contribution in [0.4, 0.5) is 0 Å². The van der Waals surface area contributed by atoms with E-state index in [1.165, 1.54) is 6.42 Å². The van der Waals surface area contributed by atoms with Crippen LogP contribution < -0.4 is 16.2 Å². The number of hydrazine groups is 1. The largest absolute Gasteiger partial charge is 0.348 e. The van der Waals surface area contributed by atoms with Crippen LogP contribution in [-0.4, -0.2) is 27.8 Å². The van der Waals surface area contributed by atoms with Gasteiger partial charge in [0.1, 0.15) is 6.04 Å². The molecule has 24 heavy (non-hydrogen) atoms. The molecule has 0 bridgehead atoms. The molecule has 1 aromatic heterocycles. The van der Waals surface area contributed by atoms with Crippen LogP contribution in [0.25, 0.3) is 5.69 Å². The average molecular weight is 325 g/mol. The number of fused-ring (bicyclic) bond motifs is 1. The molecular weight excluding hydrogens is 302 g/mol. The summed E-state index contributed by atoms with van der Waals surface area (Å²) >= 11 is 0. The lowest BCUT2D eigenvalue weighted by molar-refractivity contribution is -0.124. The van der Waals surface area contributed by atoms with Crippen LogP contribution in [0.2, 0.25) is 0 Å². The molecule has 3 N–H and O–H groups in total. The third-order valence-corrected chi connectivity index (χ3v) is 5.22. The molecule has 6 nitrogen and oxygen atoms in total. The third-order valence-electron chi connectivity index (χ3n) is 5.22. The molecule has 0 radical (unpaired) electrons. The fourth-order valence-electron chi connectivity index (χ4n) is 3.99. The Labute approximate surface area is 141 Å². The summed E-state index contributed by atoms with van der Waals surface area (Å²) < 4.78 is 1.83. The lowest BCUT2D eigenvalue weighted by Gasteiger charge is -2.22. The van der Waals surface area contributed by atoms with E-state index in [4.69, 9.17) is 0 Å². The number of amides is 1. The van der Waals surface area contributed by atoms with E-state index in [0.717, 1.165) is 24.1 Å². The van der Waals surface area contributed by atoms with Gasteiger partial charge in [0.2, 0.25) is 5.91 Å². The number of nitrogens with zero attached hydrogens (tertiary/aromatic N) is 2. The molecule has 2 aromatic rings. The Balaban J connectivity index is 1.51. The second-order valence-electron chi connectivity index (χ2n) is 6.71. The SMILES string of the molecule is CC(NC(=O)C1NNC2CCCC21)c1ccccc1-n1cccn1. The monoisotopic (exact) mass is 325 g/mol. The van der Waals surface area contributed by atoms with Crippen molar-refractivity contribution in [2.45, 2.75) is 44.3 Å². The van der Waals surface area contributed by atoms with Crippen LogP contribution in [0.5, 0.6) is 0 Å². The van der Waals surface area contributed by atoms with E-state index in [1.807, 2.05) is 48.1 Å². The van der Waals surface area contributed by atoms with E-state index in [9.17, 15) is 4.79 Å². The highest BCUT2D eigenvalue weighted by Gasteiger charge is 2.42. The molecule has 1 saturated heterocycles. The number of rotatable bonds is 4. The van der Waals surface area contributed by atoms with Crippen LogP contribution >= 0.6 is 0 Å². The first-order chi connectivity index (χ1) is 11.7. The van der Waals surface area contributed by atoms with Crippen molar-refractivity contribution in [2.24, 2.45) is 5.92 Å². The van der Waals surface area contributed by atoms with Gasteiger partial charge in [-0.2, -0.15) is 5.10 Å². The highest BCUT2D eigenvalue weighted by atomic mass is 16.2. The molecule has 4 unspecified atom stereocenters. The molecule has 0 spiro atoms. The predicted octanol–water partition coefficient (Wildman–Crippen LogP) is 1.69. The van der Waals surface area contributed by atoms with Gasteiger partial charge in [-0.3, -0.25) is 10.2 Å². The number of benzene rings is 1. The van der Waals surface area contributed by atoms with Crippen LogP contribution in [0.15, 0.2) is 42.7 Å². The van der Waals surface area contributed by atoms with Crippen molar-refractivity contribution in [3.05, 3.63) is 48.3 Å². The van der Waals surface area contributed by atoms with Gasteiger partial charge in [-0.05, 0) is 37.5 Å². The number of carbonyl (C=O) groups is 1. The van der Waals surface area contributed by atoms with E-state index in [-0.39, 0.29) is 18.0 Å². The molecule has 1 amide bonds. The highest BCUT2D eigenvalue weighted by Crippen LogP contribution is 2.32. The maximum atomic E-state index is 12.7. The molecular formula is C18H23N5O. The summed E-state index contributed by atoms with van der Waals surface area (Å²) in [5.74, 6) is 0.471. The number of hydrogen-bond acceptors (Lipinski definition) is 4. The molecule has 1 aliphatic carbocycles. The van der Waals surface area contributed by atoms with Gasteiger partial charge in [0.05, 0.1) is 11.7 Å². The molecule has 1 aromatic carbocycles. The summed E-state index contributed by atoms with van der Waals surface area (Å²) in [5, 5.41) is 7.48. The molecule has 126 valence electrons. The minimum atomic E-state index is -0.142. The van der Waals surface area contributed by atoms with E-state index in [1.54, 1.807) is 6.20 Å². The first-order valence-electron chi connectivity index (χ1n) is 8.64. The Morgan fingerprint density at radius 1 is 1.29 bits per heavy atom. The summed E-state index contributed by atoms with van der Waals surface area (Å²) in [5.41, 5.74) is 8.50. The highest BCUT2D eigenvalue weighted by molar-refractivity contribution is 5.83. The van der Waals surface area contributed by atoms with Crippen molar-refractivity contribution in [3.8, 4) is 5.69 Å². The molecule has 2 aliphatic rings. The number of nitrogens with one attached hydrogen (secondary N) is 3. The minimum absolute atomic E-state index is 0.0691. The van der Waals surface area contributed by atoms with E-state index < -0.39 is 0 Å². The third kappa shape index (κ3) is 2.72. The van der Waals surface area contributed by atoms with E-state index in [2.05, 4.69) is 21.3 Å². The maximum absolute atomic E-state index is 12.7. The summed E-state index contributed by atoms with van der Waals surface area (Å²) in [6.45, 7) is 2.02. The quantitative estimate of drug-likeness (QED) is 0.800. The Hall–Kier alpha value is -2.18. The zero-order chi connectivity index (χ0) is 16.5. The van der Waals surface area contributed by atoms with Gasteiger partial charge >= 0.3 is 0 Å². The first kappa shape index (κ1) is 15.4. The standard InChI is InChI=1S/C18H23N5O/c1-12(13-6-2-3-9-16(13)23-11-5-10-19-23)20-18(24)17-14-7-4-8-15(14)21-22-17/h2-3,5-6,9-12,14-15,17,21-22H,4,7-8H2,1H3,(H,20,24). The van der Waals surface area contributed by atoms with E-state index >= 15 is 0 Å². The van der Waals surface area contributed by atoms with Gasteiger partial charge in [0.25, 0.3) is 0 Å². The Morgan fingerprint density at radius 3 is 3.00 bits per heavy atom. The Bertz CT molecular complexity index is 714. The van der Waals surface area contributed by atoms with Crippen molar-refractivity contribution in [3.63, 3.8) is 0 Å². The lowest BCUT2D eigenvalue weighted by Crippen LogP contribution is -2.46. The van der Waals surface area contributed by atoms with Gasteiger partial charge in [0.15, 0.2) is 0 Å². The van der Waals surface area contributed by atoms with Gasteiger partial charge in [-0.15, -0.1) is 0 Å². The normalized spacial score (nSPS) is 27.0. The zero-order valence-electron chi connectivity index (χ0n) is 13.8. The molecule has 2 fully saturated rings. The van der Waals surface area contributed by atoms with Gasteiger partial charge < -0.3 is 5.32 Å². The van der Waals surface area contributed by atoms with Crippen LogP contribution in [0, 0.1) is 5.92 Å². The topological polar surface area (TPSA) is 71.0 Å². The number of aromatic nitrogens is 2. The molecule has 4 rings (SSSR count). The summed E-state index contributed by atoms with van der Waals surface area (Å²) in [6, 6.07) is 10.2. The zero-order valence-corrected chi connectivity index (χ0v) is 13.8. The number of carbonyl (C=O) groups excluding carboxylic acids is 1. The second-order valence-corrected chi connectivity index (χ2v) is 6.71. The molecule has 2 heterocycles. The van der Waals surface area contributed by atoms with Crippen molar-refractivity contribution < 1.29 is 4.79 Å². The van der Waals surface area contributed by atoms with Gasteiger partial charge in [0, 0.05) is 24.4 Å². The van der Waals surface area contributed by atoms with Crippen molar-refractivity contribution in [2.75, 3.05) is 0 Å². The number of para-hydroxylation sites is 1. The van der Waals surface area contributed by atoms with Gasteiger partial charge in [-0.25, -0.2) is 10.1 Å². The molecule has 1 saturated carbocycles. The fourth-order valence-corrected chi connectivity index (χ4v) is 3.99. The summed E-state index contributed by atoms with van der Waals surface area (Å²) in [6.07, 6.45) is 7.14. The second kappa shape index (κ2) is 6.37. The van der Waals surface area contributed by atoms with Crippen LogP contribution in [0.3, 0.4) is 0 Å². The first-order valence-corrected chi connectivity index (χ1v) is 8.64. The predicted molar refractivity (Wildman–Crippen MR) is 91.3 cm³/mol. The number of hydrogen-bond donors (Lipinski definition) is 3. The smallest absolute Gasteiger partial charge is 0.239 e. The van der Waals surface area contributed by atoms with Crippen molar-refractivity contribution >= 4 is 5.91 Å². The van der Waals surface area contributed by atoms with E-state index in [0.29, 0.717) is 12.0 Å². The van der Waals surface area contributed by atoms with Crippen molar-refractivity contribution in [1.29, 1.82) is 0 Å². The minimum Gasteiger partial charge on any atom is -0.348 e. The average Bonchev–Trinajstić information content (AvgIpc) is 3.32. The van der Waals surface area contributed by atoms with Crippen molar-refractivity contribution in [1.82, 2.24) is 25.9 Å². The summed E-state index contributed by atoms with van der Waals surface area (Å²) in [7, 11) is 0. The van der Waals surface area contributed by atoms with Crippen LogP contribution in [-0.2, 0) is 4.79 Å². The Morgan fingerprint density at radius 2 is 2.17 bits per heavy atom. The Kier molecular flexibility index (Phi) is 4.08.